The van der Waals surface area contributed by atoms with Gasteiger partial charge < -0.3 is 10.8 Å². The molecule has 0 spiro atoms. The summed E-state index contributed by atoms with van der Waals surface area (Å²) in [5, 5.41) is 14.6. The van der Waals surface area contributed by atoms with Crippen molar-refractivity contribution in [3.8, 4) is 0 Å². The Balaban J connectivity index is 2.11. The molecular formula is C14H19N3O. The molecule has 0 bridgehead atoms. The fraction of sp³-hybridized carbons (Fsp3) is 0.357. The van der Waals surface area contributed by atoms with Crippen molar-refractivity contribution in [2.75, 3.05) is 5.73 Å². The number of nitrogens with two attached hydrogens (primary N) is 1. The Morgan fingerprint density at radius 1 is 1.28 bits per heavy atom. The van der Waals surface area contributed by atoms with E-state index in [9.17, 15) is 5.11 Å². The molecule has 1 aromatic carbocycles. The maximum absolute atomic E-state index is 10.2. The molecule has 1 heterocycles. The number of rotatable bonds is 4. The molecule has 0 amide bonds. The van der Waals surface area contributed by atoms with Crippen LogP contribution in [0.5, 0.6) is 0 Å². The molecule has 0 aliphatic carbocycles. The van der Waals surface area contributed by atoms with E-state index in [0.29, 0.717) is 18.2 Å². The maximum Gasteiger partial charge on any atom is 0.0865 e. The van der Waals surface area contributed by atoms with Gasteiger partial charge in [-0.3, -0.25) is 4.68 Å². The van der Waals surface area contributed by atoms with E-state index in [-0.39, 0.29) is 0 Å². The normalized spacial score (nSPS) is 12.9. The zero-order chi connectivity index (χ0) is 13.1. The number of aliphatic hydroxyl groups excluding tert-OH is 1. The molecule has 96 valence electrons. The quantitative estimate of drug-likeness (QED) is 0.812. The number of nitrogen functional groups attached to an aromatic ring is 1. The molecule has 2 aromatic rings. The highest BCUT2D eigenvalue weighted by Crippen LogP contribution is 2.23. The summed E-state index contributed by atoms with van der Waals surface area (Å²) in [4.78, 5) is 0. The van der Waals surface area contributed by atoms with Crippen LogP contribution in [0.2, 0.25) is 0 Å². The van der Waals surface area contributed by atoms with Gasteiger partial charge in [-0.25, -0.2) is 0 Å². The molecule has 1 aromatic heterocycles. The number of nitrogens with zero attached hydrogens (tertiary/aromatic N) is 2. The zero-order valence-electron chi connectivity index (χ0n) is 10.7. The first-order valence-electron chi connectivity index (χ1n) is 6.14. The maximum atomic E-state index is 10.2. The number of aromatic nitrogens is 2. The Morgan fingerprint density at radius 3 is 2.61 bits per heavy atom. The number of benzene rings is 1. The lowest BCUT2D eigenvalue weighted by atomic mass is 10.0. The van der Waals surface area contributed by atoms with E-state index in [1.54, 1.807) is 6.07 Å². The first-order valence-corrected chi connectivity index (χ1v) is 6.14. The smallest absolute Gasteiger partial charge is 0.0865 e. The van der Waals surface area contributed by atoms with Gasteiger partial charge in [-0.15, -0.1) is 0 Å². The second-order valence-corrected chi connectivity index (χ2v) is 4.73. The van der Waals surface area contributed by atoms with E-state index in [1.807, 2.05) is 35.1 Å². The van der Waals surface area contributed by atoms with Crippen molar-refractivity contribution in [1.82, 2.24) is 9.78 Å². The van der Waals surface area contributed by atoms with Gasteiger partial charge >= 0.3 is 0 Å². The fourth-order valence-electron chi connectivity index (χ4n) is 1.90. The number of anilines is 1. The predicted molar refractivity (Wildman–Crippen MR) is 72.1 cm³/mol. The zero-order valence-corrected chi connectivity index (χ0v) is 10.7. The van der Waals surface area contributed by atoms with Gasteiger partial charge in [0.15, 0.2) is 0 Å². The molecule has 4 heteroatoms. The summed E-state index contributed by atoms with van der Waals surface area (Å²) >= 11 is 0. The SMILES string of the molecule is CC(C)n1ccc(CC(O)c2ccccc2N)n1. The molecule has 4 nitrogen and oxygen atoms in total. The lowest BCUT2D eigenvalue weighted by Gasteiger charge is -2.12. The Hall–Kier alpha value is -1.81. The van der Waals surface area contributed by atoms with Crippen LogP contribution in [0.25, 0.3) is 0 Å². The minimum Gasteiger partial charge on any atom is -0.398 e. The molecule has 0 saturated carbocycles. The lowest BCUT2D eigenvalue weighted by Crippen LogP contribution is -2.07. The summed E-state index contributed by atoms with van der Waals surface area (Å²) in [6.45, 7) is 4.14. The van der Waals surface area contributed by atoms with E-state index in [0.717, 1.165) is 11.3 Å². The van der Waals surface area contributed by atoms with Crippen molar-refractivity contribution >= 4 is 5.69 Å². The van der Waals surface area contributed by atoms with E-state index in [2.05, 4.69) is 18.9 Å². The molecule has 0 radical (unpaired) electrons. The third-order valence-corrected chi connectivity index (χ3v) is 2.95. The molecule has 0 saturated heterocycles. The first kappa shape index (κ1) is 12.6. The molecule has 1 unspecified atom stereocenters. The Kier molecular flexibility index (Phi) is 3.67. The highest BCUT2D eigenvalue weighted by molar-refractivity contribution is 5.47. The average molecular weight is 245 g/mol. The second kappa shape index (κ2) is 5.23. The summed E-state index contributed by atoms with van der Waals surface area (Å²) in [6.07, 6.45) is 1.80. The van der Waals surface area contributed by atoms with Crippen LogP contribution in [0.1, 0.15) is 37.3 Å². The largest absolute Gasteiger partial charge is 0.398 e. The van der Waals surface area contributed by atoms with E-state index in [4.69, 9.17) is 5.73 Å². The minimum atomic E-state index is -0.610. The number of hydrogen-bond donors (Lipinski definition) is 2. The van der Waals surface area contributed by atoms with Crippen LogP contribution in [-0.4, -0.2) is 14.9 Å². The van der Waals surface area contributed by atoms with Crippen molar-refractivity contribution in [3.05, 3.63) is 47.8 Å². The van der Waals surface area contributed by atoms with Gasteiger partial charge in [0.05, 0.1) is 11.8 Å². The van der Waals surface area contributed by atoms with E-state index >= 15 is 0 Å². The predicted octanol–water partition coefficient (Wildman–Crippen LogP) is 2.32. The third-order valence-electron chi connectivity index (χ3n) is 2.95. The van der Waals surface area contributed by atoms with Gasteiger partial charge in [0.1, 0.15) is 0 Å². The van der Waals surface area contributed by atoms with Crippen LogP contribution in [0.15, 0.2) is 36.5 Å². The summed E-state index contributed by atoms with van der Waals surface area (Å²) in [7, 11) is 0. The molecule has 18 heavy (non-hydrogen) atoms. The second-order valence-electron chi connectivity index (χ2n) is 4.73. The third kappa shape index (κ3) is 2.71. The van der Waals surface area contributed by atoms with Gasteiger partial charge in [0.25, 0.3) is 0 Å². The molecular weight excluding hydrogens is 226 g/mol. The first-order chi connectivity index (χ1) is 8.58. The summed E-state index contributed by atoms with van der Waals surface area (Å²) < 4.78 is 1.89. The molecule has 1 atom stereocenters. The van der Waals surface area contributed by atoms with Crippen molar-refractivity contribution in [3.63, 3.8) is 0 Å². The van der Waals surface area contributed by atoms with Gasteiger partial charge in [0.2, 0.25) is 0 Å². The summed E-state index contributed by atoms with van der Waals surface area (Å²) in [6, 6.07) is 9.64. The van der Waals surface area contributed by atoms with Crippen LogP contribution in [0.4, 0.5) is 5.69 Å². The summed E-state index contributed by atoms with van der Waals surface area (Å²) in [5.41, 5.74) is 8.10. The van der Waals surface area contributed by atoms with Crippen molar-refractivity contribution < 1.29 is 5.11 Å². The average Bonchev–Trinajstić information content (AvgIpc) is 2.78. The van der Waals surface area contributed by atoms with Crippen molar-refractivity contribution in [1.29, 1.82) is 0 Å². The van der Waals surface area contributed by atoms with Gasteiger partial charge in [0, 0.05) is 29.9 Å². The highest BCUT2D eigenvalue weighted by atomic mass is 16.3. The number of hydrogen-bond acceptors (Lipinski definition) is 3. The molecule has 0 fully saturated rings. The van der Waals surface area contributed by atoms with Crippen LogP contribution in [0.3, 0.4) is 0 Å². The van der Waals surface area contributed by atoms with Crippen LogP contribution >= 0.6 is 0 Å². The number of aliphatic hydroxyl groups is 1. The van der Waals surface area contributed by atoms with Crippen LogP contribution in [0, 0.1) is 0 Å². The monoisotopic (exact) mass is 245 g/mol. The Bertz CT molecular complexity index is 519. The Labute approximate surface area is 107 Å². The topological polar surface area (TPSA) is 64.1 Å². The van der Waals surface area contributed by atoms with Gasteiger partial charge in [-0.05, 0) is 26.0 Å². The van der Waals surface area contributed by atoms with Gasteiger partial charge in [-0.1, -0.05) is 18.2 Å². The Morgan fingerprint density at radius 2 is 2.00 bits per heavy atom. The summed E-state index contributed by atoms with van der Waals surface area (Å²) in [5.74, 6) is 0. The molecule has 3 N–H and O–H groups in total. The van der Waals surface area contributed by atoms with Crippen molar-refractivity contribution in [2.24, 2.45) is 0 Å². The standard InChI is InChI=1S/C14H19N3O/c1-10(2)17-8-7-11(16-17)9-14(18)12-5-3-4-6-13(12)15/h3-8,10,14,18H,9,15H2,1-2H3. The highest BCUT2D eigenvalue weighted by Gasteiger charge is 2.13. The molecule has 0 aliphatic heterocycles. The van der Waals surface area contributed by atoms with Crippen LogP contribution in [-0.2, 0) is 6.42 Å². The fourth-order valence-corrected chi connectivity index (χ4v) is 1.90. The van der Waals surface area contributed by atoms with E-state index < -0.39 is 6.10 Å². The van der Waals surface area contributed by atoms with Crippen LogP contribution < -0.4 is 5.73 Å². The van der Waals surface area contributed by atoms with Gasteiger partial charge in [-0.2, -0.15) is 5.10 Å². The number of para-hydroxylation sites is 1. The molecule has 0 aliphatic rings. The molecule has 2 rings (SSSR count). The minimum absolute atomic E-state index is 0.331. The van der Waals surface area contributed by atoms with E-state index in [1.165, 1.54) is 0 Å². The van der Waals surface area contributed by atoms with Crippen molar-refractivity contribution in [2.45, 2.75) is 32.4 Å². The lowest BCUT2D eigenvalue weighted by molar-refractivity contribution is 0.177.